The van der Waals surface area contributed by atoms with Crippen molar-refractivity contribution in [3.63, 3.8) is 0 Å². The van der Waals surface area contributed by atoms with E-state index in [0.717, 1.165) is 0 Å². The minimum atomic E-state index is -0.638. The summed E-state index contributed by atoms with van der Waals surface area (Å²) in [5, 5.41) is 14.0. The van der Waals surface area contributed by atoms with Gasteiger partial charge in [0.2, 0.25) is 5.91 Å². The van der Waals surface area contributed by atoms with Crippen LogP contribution in [0.5, 0.6) is 0 Å². The first-order valence-electron chi connectivity index (χ1n) is 8.71. The molecule has 1 fully saturated rings. The van der Waals surface area contributed by atoms with Crippen molar-refractivity contribution in [3.8, 4) is 0 Å². The maximum Gasteiger partial charge on any atom is 0.293 e. The van der Waals surface area contributed by atoms with Crippen molar-refractivity contribution in [2.75, 3.05) is 36.4 Å². The predicted molar refractivity (Wildman–Crippen MR) is 102 cm³/mol. The molecule has 1 aliphatic heterocycles. The molecule has 3 rings (SSSR count). The smallest absolute Gasteiger partial charge is 0.293 e. The van der Waals surface area contributed by atoms with Crippen LogP contribution < -0.4 is 10.2 Å². The number of anilines is 2. The second-order valence-electron chi connectivity index (χ2n) is 6.39. The summed E-state index contributed by atoms with van der Waals surface area (Å²) < 4.78 is 13.7. The van der Waals surface area contributed by atoms with Crippen LogP contribution >= 0.6 is 0 Å². The number of nitrogens with one attached hydrogen (secondary N) is 1. The summed E-state index contributed by atoms with van der Waals surface area (Å²) in [7, 11) is 0. The molecule has 1 heterocycles. The standard InChI is InChI=1S/C19H19FN4O4/c1-13(25)22-8-10-23(11-9-22)17-7-6-14(12-18(17)24(27)28)19(26)21-16-5-3-2-4-15(16)20/h2-7,12H,8-11H2,1H3,(H,21,26). The Bertz CT molecular complexity index is 926. The van der Waals surface area contributed by atoms with E-state index in [0.29, 0.717) is 31.9 Å². The van der Waals surface area contributed by atoms with Crippen molar-refractivity contribution in [1.82, 2.24) is 4.90 Å². The van der Waals surface area contributed by atoms with Crippen LogP contribution in [0.15, 0.2) is 42.5 Å². The molecule has 8 nitrogen and oxygen atoms in total. The molecule has 1 aliphatic rings. The van der Waals surface area contributed by atoms with Gasteiger partial charge in [-0.25, -0.2) is 4.39 Å². The minimum Gasteiger partial charge on any atom is -0.362 e. The van der Waals surface area contributed by atoms with Crippen LogP contribution in [0.1, 0.15) is 17.3 Å². The van der Waals surface area contributed by atoms with Crippen molar-refractivity contribution in [2.24, 2.45) is 0 Å². The van der Waals surface area contributed by atoms with Gasteiger partial charge >= 0.3 is 0 Å². The number of nitro benzene ring substituents is 1. The molecule has 0 spiro atoms. The number of piperazine rings is 1. The monoisotopic (exact) mass is 386 g/mol. The lowest BCUT2D eigenvalue weighted by atomic mass is 10.1. The SMILES string of the molecule is CC(=O)N1CCN(c2ccc(C(=O)Nc3ccccc3F)cc2[N+](=O)[O-])CC1. The molecule has 0 aromatic heterocycles. The molecular formula is C19H19FN4O4. The minimum absolute atomic E-state index is 0.000385. The number of carbonyl (C=O) groups is 2. The fourth-order valence-corrected chi connectivity index (χ4v) is 3.10. The van der Waals surface area contributed by atoms with E-state index in [-0.39, 0.29) is 22.8 Å². The molecule has 0 radical (unpaired) electrons. The highest BCUT2D eigenvalue weighted by Crippen LogP contribution is 2.30. The van der Waals surface area contributed by atoms with Crippen LogP contribution in [0.25, 0.3) is 0 Å². The lowest BCUT2D eigenvalue weighted by Gasteiger charge is -2.35. The molecule has 9 heteroatoms. The number of amides is 2. The number of hydrogen-bond acceptors (Lipinski definition) is 5. The van der Waals surface area contributed by atoms with E-state index in [2.05, 4.69) is 5.32 Å². The van der Waals surface area contributed by atoms with Gasteiger partial charge < -0.3 is 15.1 Å². The molecule has 0 atom stereocenters. The normalized spacial score (nSPS) is 13.9. The zero-order chi connectivity index (χ0) is 20.3. The first kappa shape index (κ1) is 19.3. The average Bonchev–Trinajstić information content (AvgIpc) is 2.69. The van der Waals surface area contributed by atoms with E-state index in [1.807, 2.05) is 4.90 Å². The van der Waals surface area contributed by atoms with Gasteiger partial charge in [0.25, 0.3) is 11.6 Å². The van der Waals surface area contributed by atoms with Gasteiger partial charge in [-0.15, -0.1) is 0 Å². The van der Waals surface area contributed by atoms with Crippen LogP contribution in [0, 0.1) is 15.9 Å². The number of nitro groups is 1. The predicted octanol–water partition coefficient (Wildman–Crippen LogP) is 2.65. The number of benzene rings is 2. The number of carbonyl (C=O) groups excluding carboxylic acids is 2. The molecule has 28 heavy (non-hydrogen) atoms. The van der Waals surface area contributed by atoms with Gasteiger partial charge in [-0.2, -0.15) is 0 Å². The maximum absolute atomic E-state index is 13.7. The number of nitrogens with zero attached hydrogens (tertiary/aromatic N) is 3. The first-order chi connectivity index (χ1) is 13.4. The van der Waals surface area contributed by atoms with Crippen LogP contribution in [-0.4, -0.2) is 47.8 Å². The van der Waals surface area contributed by atoms with Gasteiger partial charge in [0.05, 0.1) is 10.6 Å². The zero-order valence-corrected chi connectivity index (χ0v) is 15.2. The molecule has 2 aromatic rings. The molecule has 1 saturated heterocycles. The van der Waals surface area contributed by atoms with Crippen molar-refractivity contribution in [3.05, 3.63) is 64.0 Å². The number of rotatable bonds is 4. The lowest BCUT2D eigenvalue weighted by molar-refractivity contribution is -0.384. The van der Waals surface area contributed by atoms with Crippen LogP contribution in [-0.2, 0) is 4.79 Å². The fourth-order valence-electron chi connectivity index (χ4n) is 3.10. The van der Waals surface area contributed by atoms with E-state index >= 15 is 0 Å². The van der Waals surface area contributed by atoms with Gasteiger partial charge in [0.15, 0.2) is 0 Å². The highest BCUT2D eigenvalue weighted by molar-refractivity contribution is 6.05. The topological polar surface area (TPSA) is 95.8 Å². The van der Waals surface area contributed by atoms with Crippen molar-refractivity contribution >= 4 is 28.9 Å². The summed E-state index contributed by atoms with van der Waals surface area (Å²) >= 11 is 0. The van der Waals surface area contributed by atoms with Gasteiger partial charge in [-0.1, -0.05) is 12.1 Å². The number of halogens is 1. The molecule has 2 amide bonds. The highest BCUT2D eigenvalue weighted by Gasteiger charge is 2.26. The molecule has 2 aromatic carbocycles. The molecule has 0 unspecified atom stereocenters. The highest BCUT2D eigenvalue weighted by atomic mass is 19.1. The second-order valence-corrected chi connectivity index (χ2v) is 6.39. The third kappa shape index (κ3) is 4.08. The third-order valence-electron chi connectivity index (χ3n) is 4.62. The van der Waals surface area contributed by atoms with E-state index in [9.17, 15) is 24.1 Å². The summed E-state index contributed by atoms with van der Waals surface area (Å²) in [6.07, 6.45) is 0. The van der Waals surface area contributed by atoms with E-state index in [1.54, 1.807) is 11.0 Å². The van der Waals surface area contributed by atoms with Crippen LogP contribution in [0.2, 0.25) is 0 Å². The number of para-hydroxylation sites is 1. The summed E-state index contributed by atoms with van der Waals surface area (Å²) in [6.45, 7) is 3.35. The summed E-state index contributed by atoms with van der Waals surface area (Å²) in [4.78, 5) is 38.3. The molecule has 0 saturated carbocycles. The quantitative estimate of drug-likeness (QED) is 0.644. The Balaban J connectivity index is 1.81. The Kier molecular flexibility index (Phi) is 5.53. The number of hydrogen-bond donors (Lipinski definition) is 1. The summed E-state index contributed by atoms with van der Waals surface area (Å²) in [5.74, 6) is -1.26. The van der Waals surface area contributed by atoms with Gasteiger partial charge in [-0.05, 0) is 24.3 Å². The Hall–Kier alpha value is -3.49. The maximum atomic E-state index is 13.7. The summed E-state index contributed by atoms with van der Waals surface area (Å²) in [5.41, 5.74) is 0.230. The fraction of sp³-hybridized carbons (Fsp3) is 0.263. The van der Waals surface area contributed by atoms with E-state index < -0.39 is 16.6 Å². The van der Waals surface area contributed by atoms with Crippen LogP contribution in [0.3, 0.4) is 0 Å². The first-order valence-corrected chi connectivity index (χ1v) is 8.71. The van der Waals surface area contributed by atoms with Crippen molar-refractivity contribution in [1.29, 1.82) is 0 Å². The Morgan fingerprint density at radius 2 is 1.79 bits per heavy atom. The third-order valence-corrected chi connectivity index (χ3v) is 4.62. The molecule has 146 valence electrons. The van der Waals surface area contributed by atoms with Gasteiger partial charge in [-0.3, -0.25) is 19.7 Å². The zero-order valence-electron chi connectivity index (χ0n) is 15.2. The largest absolute Gasteiger partial charge is 0.362 e. The van der Waals surface area contributed by atoms with E-state index in [4.69, 9.17) is 0 Å². The van der Waals surface area contributed by atoms with Gasteiger partial charge in [0, 0.05) is 44.7 Å². The molecule has 0 aliphatic carbocycles. The van der Waals surface area contributed by atoms with Crippen molar-refractivity contribution in [2.45, 2.75) is 6.92 Å². The Morgan fingerprint density at radius 1 is 1.11 bits per heavy atom. The summed E-state index contributed by atoms with van der Waals surface area (Å²) in [6, 6.07) is 9.85. The lowest BCUT2D eigenvalue weighted by Crippen LogP contribution is -2.48. The van der Waals surface area contributed by atoms with Gasteiger partial charge in [0.1, 0.15) is 11.5 Å². The van der Waals surface area contributed by atoms with E-state index in [1.165, 1.54) is 43.3 Å². The molecule has 0 bridgehead atoms. The second kappa shape index (κ2) is 8.03. The average molecular weight is 386 g/mol. The Labute approximate surface area is 160 Å². The van der Waals surface area contributed by atoms with Crippen molar-refractivity contribution < 1.29 is 18.9 Å². The Morgan fingerprint density at radius 3 is 2.39 bits per heavy atom. The molecular weight excluding hydrogens is 367 g/mol. The molecule has 1 N–H and O–H groups in total. The van der Waals surface area contributed by atoms with Crippen LogP contribution in [0.4, 0.5) is 21.5 Å².